The molecule has 0 radical (unpaired) electrons. The maximum atomic E-state index is 12.2. The Morgan fingerprint density at radius 2 is 1.59 bits per heavy atom. The number of carbonyl (C=O) groups excluding carboxylic acids is 2. The molecule has 0 saturated carbocycles. The first-order chi connectivity index (χ1) is 14.0. The predicted octanol–water partition coefficient (Wildman–Crippen LogP) is 3.86. The summed E-state index contributed by atoms with van der Waals surface area (Å²) < 4.78 is 5.46. The van der Waals surface area contributed by atoms with Gasteiger partial charge in [0.2, 0.25) is 0 Å². The first-order valence-corrected chi connectivity index (χ1v) is 8.65. The second-order valence-electron chi connectivity index (χ2n) is 5.99. The highest BCUT2D eigenvalue weighted by Gasteiger charge is 2.09. The topological polar surface area (TPSA) is 111 Å². The molecule has 146 valence electrons. The lowest BCUT2D eigenvalue weighted by Crippen LogP contribution is -2.20. The minimum absolute atomic E-state index is 0.0615. The lowest BCUT2D eigenvalue weighted by atomic mass is 10.2. The number of hydrogen-bond acceptors (Lipinski definition) is 5. The Hall–Kier alpha value is -4.20. The van der Waals surface area contributed by atoms with Crippen LogP contribution in [0.4, 0.5) is 17.1 Å². The zero-order valence-electron chi connectivity index (χ0n) is 15.2. The third kappa shape index (κ3) is 5.64. The van der Waals surface area contributed by atoms with Crippen LogP contribution in [0.3, 0.4) is 0 Å². The zero-order chi connectivity index (χ0) is 20.6. The van der Waals surface area contributed by atoms with E-state index in [0.29, 0.717) is 22.7 Å². The van der Waals surface area contributed by atoms with Gasteiger partial charge in [0.15, 0.2) is 6.61 Å². The summed E-state index contributed by atoms with van der Waals surface area (Å²) in [4.78, 5) is 34.3. The molecule has 0 heterocycles. The Kier molecular flexibility index (Phi) is 6.16. The third-order valence-electron chi connectivity index (χ3n) is 3.86. The van der Waals surface area contributed by atoms with E-state index < -0.39 is 10.8 Å². The summed E-state index contributed by atoms with van der Waals surface area (Å²) in [6.07, 6.45) is 0. The summed E-state index contributed by atoms with van der Waals surface area (Å²) in [5.74, 6) is -0.258. The van der Waals surface area contributed by atoms with Gasteiger partial charge in [-0.1, -0.05) is 24.3 Å². The van der Waals surface area contributed by atoms with Crippen molar-refractivity contribution in [3.05, 3.63) is 94.5 Å². The van der Waals surface area contributed by atoms with Crippen LogP contribution in [0.15, 0.2) is 78.9 Å². The molecule has 2 amide bonds. The van der Waals surface area contributed by atoms with Crippen molar-refractivity contribution in [1.82, 2.24) is 0 Å². The number of benzene rings is 3. The number of non-ortho nitro benzene ring substituents is 1. The molecule has 3 rings (SSSR count). The lowest BCUT2D eigenvalue weighted by molar-refractivity contribution is -0.384. The van der Waals surface area contributed by atoms with Crippen LogP contribution in [-0.4, -0.2) is 23.3 Å². The molecule has 0 unspecified atom stereocenters. The fraction of sp³-hybridized carbons (Fsp3) is 0.0476. The van der Waals surface area contributed by atoms with Gasteiger partial charge in [-0.2, -0.15) is 0 Å². The molecule has 0 aromatic heterocycles. The number of nitrogens with zero attached hydrogens (tertiary/aromatic N) is 1. The minimum atomic E-state index is -0.516. The lowest BCUT2D eigenvalue weighted by Gasteiger charge is -2.10. The Labute approximate surface area is 166 Å². The van der Waals surface area contributed by atoms with E-state index in [9.17, 15) is 19.7 Å². The van der Waals surface area contributed by atoms with Crippen molar-refractivity contribution in [2.45, 2.75) is 0 Å². The Morgan fingerprint density at radius 3 is 2.28 bits per heavy atom. The van der Waals surface area contributed by atoms with Gasteiger partial charge in [0.1, 0.15) is 5.75 Å². The summed E-state index contributed by atoms with van der Waals surface area (Å²) in [7, 11) is 0. The highest BCUT2D eigenvalue weighted by atomic mass is 16.6. The number of amides is 2. The Balaban J connectivity index is 1.54. The van der Waals surface area contributed by atoms with Crippen LogP contribution in [0.25, 0.3) is 0 Å². The van der Waals surface area contributed by atoms with Gasteiger partial charge in [0, 0.05) is 35.1 Å². The first-order valence-electron chi connectivity index (χ1n) is 8.65. The Morgan fingerprint density at radius 1 is 0.862 bits per heavy atom. The van der Waals surface area contributed by atoms with Crippen LogP contribution in [0.2, 0.25) is 0 Å². The van der Waals surface area contributed by atoms with E-state index in [1.807, 2.05) is 6.07 Å². The molecule has 8 heteroatoms. The summed E-state index contributed by atoms with van der Waals surface area (Å²) in [6.45, 7) is -0.257. The maximum Gasteiger partial charge on any atom is 0.269 e. The van der Waals surface area contributed by atoms with Crippen molar-refractivity contribution >= 4 is 28.9 Å². The fourth-order valence-electron chi connectivity index (χ4n) is 2.47. The molecule has 3 aromatic rings. The molecular formula is C21H17N3O5. The van der Waals surface area contributed by atoms with Crippen LogP contribution in [0.5, 0.6) is 5.75 Å². The number of hydrogen-bond donors (Lipinski definition) is 2. The van der Waals surface area contributed by atoms with Gasteiger partial charge in [-0.15, -0.1) is 0 Å². The van der Waals surface area contributed by atoms with Crippen molar-refractivity contribution in [2.75, 3.05) is 17.2 Å². The van der Waals surface area contributed by atoms with Crippen molar-refractivity contribution < 1.29 is 19.2 Å². The maximum absolute atomic E-state index is 12.2. The monoisotopic (exact) mass is 391 g/mol. The minimum Gasteiger partial charge on any atom is -0.484 e. The second-order valence-corrected chi connectivity index (χ2v) is 5.99. The number of carbonyl (C=O) groups is 2. The third-order valence-corrected chi connectivity index (χ3v) is 3.86. The molecular weight excluding hydrogens is 374 g/mol. The molecule has 0 spiro atoms. The largest absolute Gasteiger partial charge is 0.484 e. The average Bonchev–Trinajstić information content (AvgIpc) is 2.73. The molecule has 0 saturated heterocycles. The highest BCUT2D eigenvalue weighted by Crippen LogP contribution is 2.19. The van der Waals surface area contributed by atoms with E-state index in [2.05, 4.69) is 10.6 Å². The molecule has 0 aliphatic carbocycles. The summed E-state index contributed by atoms with van der Waals surface area (Å²) in [5.41, 5.74) is 1.43. The van der Waals surface area contributed by atoms with Crippen molar-refractivity contribution in [3.8, 4) is 5.75 Å². The molecule has 3 aromatic carbocycles. The highest BCUT2D eigenvalue weighted by molar-refractivity contribution is 6.04. The van der Waals surface area contributed by atoms with Crippen LogP contribution in [0.1, 0.15) is 10.4 Å². The Bertz CT molecular complexity index is 1020. The van der Waals surface area contributed by atoms with Crippen LogP contribution in [0, 0.1) is 10.1 Å². The van der Waals surface area contributed by atoms with Crippen molar-refractivity contribution in [3.63, 3.8) is 0 Å². The number of nitro benzene ring substituents is 1. The average molecular weight is 391 g/mol. The second kappa shape index (κ2) is 9.14. The normalized spacial score (nSPS) is 10.1. The van der Waals surface area contributed by atoms with Gasteiger partial charge in [0.25, 0.3) is 17.5 Å². The van der Waals surface area contributed by atoms with E-state index in [1.54, 1.807) is 48.5 Å². The fourth-order valence-corrected chi connectivity index (χ4v) is 2.47. The SMILES string of the molecule is O=C(COc1cccc(NC(=O)c2ccccc2)c1)Nc1ccc([N+](=O)[O-])cc1. The van der Waals surface area contributed by atoms with E-state index >= 15 is 0 Å². The van der Waals surface area contributed by atoms with Crippen LogP contribution in [-0.2, 0) is 4.79 Å². The van der Waals surface area contributed by atoms with E-state index in [1.165, 1.54) is 24.3 Å². The summed E-state index contributed by atoms with van der Waals surface area (Å²) >= 11 is 0. The van der Waals surface area contributed by atoms with Gasteiger partial charge in [-0.05, 0) is 36.4 Å². The van der Waals surface area contributed by atoms with Crippen LogP contribution >= 0.6 is 0 Å². The summed E-state index contributed by atoms with van der Waals surface area (Å²) in [5, 5.41) is 16.0. The molecule has 0 bridgehead atoms. The number of rotatable bonds is 7. The van der Waals surface area contributed by atoms with Gasteiger partial charge >= 0.3 is 0 Å². The number of anilines is 2. The first kappa shape index (κ1) is 19.6. The number of nitrogens with one attached hydrogen (secondary N) is 2. The number of nitro groups is 1. The van der Waals surface area contributed by atoms with Gasteiger partial charge in [-0.25, -0.2) is 0 Å². The van der Waals surface area contributed by atoms with Crippen LogP contribution < -0.4 is 15.4 Å². The molecule has 0 atom stereocenters. The summed E-state index contributed by atoms with van der Waals surface area (Å²) in [6, 6.07) is 21.0. The standard InChI is InChI=1S/C21H17N3O5/c25-20(22-16-9-11-18(12-10-16)24(27)28)14-29-19-8-4-7-17(13-19)23-21(26)15-5-2-1-3-6-15/h1-13H,14H2,(H,22,25)(H,23,26). The zero-order valence-corrected chi connectivity index (χ0v) is 15.2. The van der Waals surface area contributed by atoms with Crippen molar-refractivity contribution in [1.29, 1.82) is 0 Å². The molecule has 2 N–H and O–H groups in total. The van der Waals surface area contributed by atoms with Gasteiger partial charge < -0.3 is 15.4 Å². The molecule has 29 heavy (non-hydrogen) atoms. The molecule has 0 aliphatic rings. The van der Waals surface area contributed by atoms with Gasteiger partial charge in [0.05, 0.1) is 4.92 Å². The quantitative estimate of drug-likeness (QED) is 0.469. The molecule has 0 fully saturated rings. The van der Waals surface area contributed by atoms with E-state index in [-0.39, 0.29) is 18.2 Å². The predicted molar refractivity (Wildman–Crippen MR) is 108 cm³/mol. The number of ether oxygens (including phenoxy) is 1. The van der Waals surface area contributed by atoms with E-state index in [0.717, 1.165) is 0 Å². The van der Waals surface area contributed by atoms with E-state index in [4.69, 9.17) is 4.74 Å². The molecule has 8 nitrogen and oxygen atoms in total. The smallest absolute Gasteiger partial charge is 0.269 e. The van der Waals surface area contributed by atoms with Crippen molar-refractivity contribution in [2.24, 2.45) is 0 Å². The van der Waals surface area contributed by atoms with Gasteiger partial charge in [-0.3, -0.25) is 19.7 Å². The molecule has 0 aliphatic heterocycles.